The monoisotopic (exact) mass is 474 g/mol. The van der Waals surface area contributed by atoms with Crippen LogP contribution in [0.4, 0.5) is 10.1 Å². The van der Waals surface area contributed by atoms with E-state index in [9.17, 15) is 18.8 Å². The number of nitrogens with zero attached hydrogens (tertiary/aromatic N) is 1. The van der Waals surface area contributed by atoms with Crippen LogP contribution in [0, 0.1) is 12.7 Å². The molecule has 1 aromatic carbocycles. The molecule has 2 heterocycles. The molecule has 0 spiro atoms. The third-order valence-corrected chi connectivity index (χ3v) is 6.49. The van der Waals surface area contributed by atoms with Gasteiger partial charge in [0, 0.05) is 18.4 Å². The van der Waals surface area contributed by atoms with E-state index in [1.54, 1.807) is 11.5 Å². The van der Waals surface area contributed by atoms with E-state index in [0.29, 0.717) is 49.2 Å². The molecular weight excluding hydrogens is 451 g/mol. The molecule has 7 N–H and O–H groups in total. The Balaban J connectivity index is 1.64. The normalized spacial score (nSPS) is 16.2. The third kappa shape index (κ3) is 3.85. The van der Waals surface area contributed by atoms with Crippen LogP contribution in [0.5, 0.6) is 0 Å². The van der Waals surface area contributed by atoms with Crippen molar-refractivity contribution in [2.24, 2.45) is 11.6 Å². The van der Waals surface area contributed by atoms with Crippen molar-refractivity contribution in [1.82, 2.24) is 15.3 Å². The molecule has 1 aliphatic carbocycles. The average molecular weight is 475 g/mol. The first-order chi connectivity index (χ1) is 15.7. The fraction of sp³-hybridized carbons (Fsp3) is 0.318. The molecule has 0 unspecified atom stereocenters. The molecule has 2 aromatic rings. The van der Waals surface area contributed by atoms with Crippen molar-refractivity contribution >= 4 is 34.9 Å². The van der Waals surface area contributed by atoms with Gasteiger partial charge in [-0.1, -0.05) is 17.7 Å². The van der Waals surface area contributed by atoms with Crippen LogP contribution in [0.3, 0.4) is 0 Å². The van der Waals surface area contributed by atoms with E-state index < -0.39 is 29.0 Å². The Hall–Kier alpha value is -3.37. The van der Waals surface area contributed by atoms with E-state index in [1.165, 1.54) is 24.4 Å². The predicted molar refractivity (Wildman–Crippen MR) is 121 cm³/mol. The molecule has 11 heteroatoms. The van der Waals surface area contributed by atoms with Gasteiger partial charge in [0.15, 0.2) is 5.82 Å². The van der Waals surface area contributed by atoms with E-state index in [1.807, 2.05) is 0 Å². The van der Waals surface area contributed by atoms with Gasteiger partial charge in [-0.2, -0.15) is 0 Å². The number of carbonyl (C=O) groups excluding carboxylic acids is 3. The number of ketones is 1. The zero-order valence-corrected chi connectivity index (χ0v) is 18.7. The summed E-state index contributed by atoms with van der Waals surface area (Å²) in [6, 6.07) is 4.29. The van der Waals surface area contributed by atoms with E-state index in [2.05, 4.69) is 16.1 Å². The number of Topliss-reactive ketones (excluding diaryl/α,β-unsaturated/α-hetero) is 1. The number of fused-ring (bicyclic) bond motifs is 1. The van der Waals surface area contributed by atoms with Crippen molar-refractivity contribution in [3.63, 3.8) is 0 Å². The second-order valence-electron chi connectivity index (χ2n) is 8.20. The lowest BCUT2D eigenvalue weighted by Crippen LogP contribution is -2.47. The standard InChI is InChI=1S/C22H24ClFN6O3/c1-11-16(19(31)21(33)28-22(7-8-22)15(10-25)29-26)14-6-3-9-30(14)18(11)20(32)27-13-5-2-4-12(23)17(13)24/h2,4-5,10,29H,3,6-9,25-26H2,1H3,(H,27,32)(H,28,33). The zero-order valence-electron chi connectivity index (χ0n) is 17.9. The molecule has 0 saturated heterocycles. The van der Waals surface area contributed by atoms with Crippen LogP contribution in [-0.4, -0.2) is 27.7 Å². The minimum atomic E-state index is -0.807. The Morgan fingerprint density at radius 3 is 2.64 bits per heavy atom. The quantitative estimate of drug-likeness (QED) is 0.179. The van der Waals surface area contributed by atoms with Gasteiger partial charge in [-0.05, 0) is 50.3 Å². The molecule has 2 amide bonds. The van der Waals surface area contributed by atoms with Gasteiger partial charge in [-0.15, -0.1) is 0 Å². The highest BCUT2D eigenvalue weighted by molar-refractivity contribution is 6.44. The van der Waals surface area contributed by atoms with Crippen molar-refractivity contribution < 1.29 is 18.8 Å². The first kappa shape index (κ1) is 22.8. The number of hydrogen-bond donors (Lipinski definition) is 5. The lowest BCUT2D eigenvalue weighted by atomic mass is 10.0. The van der Waals surface area contributed by atoms with E-state index in [-0.39, 0.29) is 22.0 Å². The predicted octanol–water partition coefficient (Wildman–Crippen LogP) is 1.88. The molecule has 1 fully saturated rings. The lowest BCUT2D eigenvalue weighted by molar-refractivity contribution is -0.117. The minimum absolute atomic E-state index is 0.0721. The van der Waals surface area contributed by atoms with Crippen LogP contribution >= 0.6 is 11.6 Å². The van der Waals surface area contributed by atoms with Crippen molar-refractivity contribution in [3.8, 4) is 0 Å². The first-order valence-electron chi connectivity index (χ1n) is 10.5. The van der Waals surface area contributed by atoms with Gasteiger partial charge in [0.05, 0.1) is 27.5 Å². The third-order valence-electron chi connectivity index (χ3n) is 6.20. The van der Waals surface area contributed by atoms with Crippen LogP contribution in [0.25, 0.3) is 0 Å². The van der Waals surface area contributed by atoms with Gasteiger partial charge >= 0.3 is 0 Å². The summed E-state index contributed by atoms with van der Waals surface area (Å²) < 4.78 is 16.0. The molecule has 1 saturated carbocycles. The Morgan fingerprint density at radius 2 is 2.00 bits per heavy atom. The van der Waals surface area contributed by atoms with Gasteiger partial charge < -0.3 is 26.4 Å². The summed E-state index contributed by atoms with van der Waals surface area (Å²) in [5.41, 5.74) is 8.96. The zero-order chi connectivity index (χ0) is 23.9. The molecule has 1 aliphatic heterocycles. The SMILES string of the molecule is Cc1c(C(=O)C(=O)NC2(C(=CN)NN)CC2)c2n(c1C(=O)Nc1cccc(Cl)c1F)CCC2. The first-order valence-corrected chi connectivity index (χ1v) is 10.8. The maximum Gasteiger partial charge on any atom is 0.293 e. The van der Waals surface area contributed by atoms with Crippen LogP contribution in [0.2, 0.25) is 5.02 Å². The number of halogens is 2. The van der Waals surface area contributed by atoms with Gasteiger partial charge in [0.1, 0.15) is 5.69 Å². The molecule has 0 atom stereocenters. The second-order valence-corrected chi connectivity index (χ2v) is 8.60. The highest BCUT2D eigenvalue weighted by atomic mass is 35.5. The highest BCUT2D eigenvalue weighted by Crippen LogP contribution is 2.40. The Kier molecular flexibility index (Phi) is 5.89. The Labute approximate surface area is 194 Å². The van der Waals surface area contributed by atoms with E-state index in [4.69, 9.17) is 23.2 Å². The summed E-state index contributed by atoms with van der Waals surface area (Å²) in [5, 5.41) is 5.13. The number of nitrogens with two attached hydrogens (primary N) is 2. The van der Waals surface area contributed by atoms with E-state index >= 15 is 0 Å². The Bertz CT molecular complexity index is 1200. The molecule has 1 aromatic heterocycles. The number of rotatable bonds is 7. The van der Waals surface area contributed by atoms with Crippen molar-refractivity contribution in [1.29, 1.82) is 0 Å². The average Bonchev–Trinajstić information content (AvgIpc) is 3.29. The molecule has 9 nitrogen and oxygen atoms in total. The largest absolute Gasteiger partial charge is 0.403 e. The number of aromatic nitrogens is 1. The number of nitrogens with one attached hydrogen (secondary N) is 3. The smallest absolute Gasteiger partial charge is 0.293 e. The summed E-state index contributed by atoms with van der Waals surface area (Å²) >= 11 is 5.81. The molecular formula is C22H24ClFN6O3. The van der Waals surface area contributed by atoms with Crippen molar-refractivity contribution in [3.05, 3.63) is 63.5 Å². The Morgan fingerprint density at radius 1 is 1.27 bits per heavy atom. The number of hydrogen-bond acceptors (Lipinski definition) is 6. The van der Waals surface area contributed by atoms with Crippen molar-refractivity contribution in [2.75, 3.05) is 5.32 Å². The summed E-state index contributed by atoms with van der Waals surface area (Å²) in [6.07, 6.45) is 3.69. The van der Waals surface area contributed by atoms with Crippen LogP contribution in [-0.2, 0) is 17.8 Å². The minimum Gasteiger partial charge on any atom is -0.403 e. The lowest BCUT2D eigenvalue weighted by Gasteiger charge is -2.19. The fourth-order valence-electron chi connectivity index (χ4n) is 4.41. The number of amides is 2. The summed E-state index contributed by atoms with van der Waals surface area (Å²) in [4.78, 5) is 39.1. The summed E-state index contributed by atoms with van der Waals surface area (Å²) in [7, 11) is 0. The van der Waals surface area contributed by atoms with Gasteiger partial charge in [-0.3, -0.25) is 20.2 Å². The highest BCUT2D eigenvalue weighted by Gasteiger charge is 2.49. The second kappa shape index (κ2) is 8.53. The molecule has 0 radical (unpaired) electrons. The number of hydrazine groups is 1. The van der Waals surface area contributed by atoms with Crippen LogP contribution < -0.4 is 27.6 Å². The maximum atomic E-state index is 14.3. The fourth-order valence-corrected chi connectivity index (χ4v) is 4.59. The number of benzene rings is 1. The van der Waals surface area contributed by atoms with Gasteiger partial charge in [-0.25, -0.2) is 4.39 Å². The maximum absolute atomic E-state index is 14.3. The van der Waals surface area contributed by atoms with E-state index in [0.717, 1.165) is 0 Å². The molecule has 2 aliphatic rings. The number of anilines is 1. The summed E-state index contributed by atoms with van der Waals surface area (Å²) in [5.74, 6) is 2.58. The van der Waals surface area contributed by atoms with Gasteiger partial charge in [0.2, 0.25) is 0 Å². The molecule has 33 heavy (non-hydrogen) atoms. The molecule has 4 rings (SSSR count). The van der Waals surface area contributed by atoms with Crippen LogP contribution in [0.1, 0.15) is 51.4 Å². The topological polar surface area (TPSA) is 144 Å². The van der Waals surface area contributed by atoms with Crippen molar-refractivity contribution in [2.45, 2.75) is 44.7 Å². The number of carbonyl (C=O) groups is 3. The van der Waals surface area contributed by atoms with Crippen LogP contribution in [0.15, 0.2) is 30.1 Å². The summed E-state index contributed by atoms with van der Waals surface area (Å²) in [6.45, 7) is 2.11. The molecule has 0 bridgehead atoms. The molecule has 174 valence electrons. The van der Waals surface area contributed by atoms with Gasteiger partial charge in [0.25, 0.3) is 17.6 Å².